The molecule has 2 aromatic carbocycles. The number of benzene rings is 2. The molecule has 8 nitrogen and oxygen atoms in total. The van der Waals surface area contributed by atoms with E-state index in [9.17, 15) is 31.5 Å². The first-order valence-corrected chi connectivity index (χ1v) is 13.5. The zero-order valence-electron chi connectivity index (χ0n) is 22.5. The molecule has 14 heteroatoms. The quantitative estimate of drug-likeness (QED) is 0.393. The number of urea groups is 1. The molecule has 2 fully saturated rings. The number of carbonyl (C=O) groups is 2. The zero-order chi connectivity index (χ0) is 30.2. The van der Waals surface area contributed by atoms with E-state index >= 15 is 0 Å². The fourth-order valence-corrected chi connectivity index (χ4v) is 4.83. The molecule has 2 saturated heterocycles. The molecule has 0 bridgehead atoms. The van der Waals surface area contributed by atoms with E-state index in [0.717, 1.165) is 26.0 Å². The predicted octanol–water partition coefficient (Wildman–Crippen LogP) is 4.86. The first kappa shape index (κ1) is 32.4. The maximum absolute atomic E-state index is 14.9. The summed E-state index contributed by atoms with van der Waals surface area (Å²) in [4.78, 5) is 30.2. The van der Waals surface area contributed by atoms with Gasteiger partial charge in [-0.3, -0.25) is 9.69 Å². The average Bonchev–Trinajstić information content (AvgIpc) is 3.50. The van der Waals surface area contributed by atoms with Gasteiger partial charge in [-0.1, -0.05) is 17.7 Å². The zero-order valence-corrected chi connectivity index (χ0v) is 23.3. The minimum absolute atomic E-state index is 0.0906. The topological polar surface area (TPSA) is 88.1 Å². The van der Waals surface area contributed by atoms with Crippen LogP contribution in [0, 0.1) is 11.6 Å². The van der Waals surface area contributed by atoms with Gasteiger partial charge in [0.2, 0.25) is 0 Å². The number of aliphatic hydroxyl groups excluding tert-OH is 1. The molecule has 2 heterocycles. The fourth-order valence-electron chi connectivity index (χ4n) is 4.66. The molecule has 2 aliphatic rings. The molecule has 2 aliphatic heterocycles. The van der Waals surface area contributed by atoms with Crippen LogP contribution in [0.2, 0.25) is 5.02 Å². The lowest BCUT2D eigenvalue weighted by molar-refractivity contribution is -0.138. The van der Waals surface area contributed by atoms with E-state index in [0.29, 0.717) is 55.7 Å². The normalized spacial score (nSPS) is 15.8. The Bertz CT molecular complexity index is 1200. The number of likely N-dealkylation sites (tertiary alicyclic amines) is 1. The predicted molar refractivity (Wildman–Crippen MR) is 146 cm³/mol. The van der Waals surface area contributed by atoms with Crippen LogP contribution in [0.5, 0.6) is 0 Å². The average molecular weight is 606 g/mol. The van der Waals surface area contributed by atoms with Gasteiger partial charge in [0.15, 0.2) is 11.6 Å². The lowest BCUT2D eigenvalue weighted by Gasteiger charge is -2.37. The van der Waals surface area contributed by atoms with Crippen molar-refractivity contribution in [2.45, 2.75) is 32.0 Å². The highest BCUT2D eigenvalue weighted by Gasteiger charge is 2.29. The summed E-state index contributed by atoms with van der Waals surface area (Å²) in [6, 6.07) is 6.71. The van der Waals surface area contributed by atoms with Crippen LogP contribution in [0.25, 0.3) is 0 Å². The number of carbonyl (C=O) groups excluding carboxylic acids is 2. The van der Waals surface area contributed by atoms with Crippen molar-refractivity contribution >= 4 is 34.9 Å². The molecule has 0 spiro atoms. The third-order valence-electron chi connectivity index (χ3n) is 6.86. The summed E-state index contributed by atoms with van der Waals surface area (Å²) in [5, 5.41) is 12.5. The highest BCUT2D eigenvalue weighted by Crippen LogP contribution is 2.31. The number of anilines is 2. The van der Waals surface area contributed by atoms with E-state index in [4.69, 9.17) is 16.7 Å². The van der Waals surface area contributed by atoms with Crippen LogP contribution in [0.15, 0.2) is 30.3 Å². The minimum Gasteiger partial charge on any atom is -0.400 e. The number of hydrogen-bond acceptors (Lipinski definition) is 5. The van der Waals surface area contributed by atoms with Gasteiger partial charge in [0.1, 0.15) is 0 Å². The van der Waals surface area contributed by atoms with E-state index in [-0.39, 0.29) is 24.7 Å². The monoisotopic (exact) mass is 605 g/mol. The molecule has 0 atom stereocenters. The molecule has 0 saturated carbocycles. The standard InChI is InChI=1S/C26H29ClF5N5O2.CH4O/c27-18-4-6-20(21(15-18)36-13-11-35(12-14-36)10-7-26(30,31)32)34-24(38)19-5-3-17(22(28)23(19)29)16-33-25(39)37-8-1-2-9-37;1-2/h3-6,15H,1-2,7-14,16H2,(H,33,39)(H,34,38);2H,1H3. The number of aliphatic hydroxyl groups is 1. The van der Waals surface area contributed by atoms with Crippen LogP contribution in [-0.4, -0.2) is 85.9 Å². The number of alkyl halides is 3. The maximum atomic E-state index is 14.9. The first-order valence-electron chi connectivity index (χ1n) is 13.1. The molecule has 0 aliphatic carbocycles. The molecule has 3 N–H and O–H groups in total. The van der Waals surface area contributed by atoms with Gasteiger partial charge in [0.05, 0.1) is 23.4 Å². The summed E-state index contributed by atoms with van der Waals surface area (Å²) >= 11 is 6.16. The molecular formula is C27H33ClF5N5O3. The summed E-state index contributed by atoms with van der Waals surface area (Å²) in [5.41, 5.74) is 0.218. The van der Waals surface area contributed by atoms with E-state index in [1.54, 1.807) is 15.9 Å². The SMILES string of the molecule is CO.O=C(Nc1ccc(Cl)cc1N1CCN(CCC(F)(F)F)CC1)c1ccc(CNC(=O)N2CCCC2)c(F)c1F. The molecule has 226 valence electrons. The number of halogens is 6. The smallest absolute Gasteiger partial charge is 0.390 e. The summed E-state index contributed by atoms with van der Waals surface area (Å²) < 4.78 is 67.3. The Morgan fingerprint density at radius 1 is 0.951 bits per heavy atom. The van der Waals surface area contributed by atoms with Crippen LogP contribution >= 0.6 is 11.6 Å². The highest BCUT2D eigenvalue weighted by atomic mass is 35.5. The Labute approximate surface area is 240 Å². The Balaban J connectivity index is 0.00000226. The second-order valence-electron chi connectivity index (χ2n) is 9.56. The molecule has 0 radical (unpaired) electrons. The second kappa shape index (κ2) is 14.6. The third kappa shape index (κ3) is 8.91. The van der Waals surface area contributed by atoms with Crippen LogP contribution in [0.1, 0.15) is 35.2 Å². The number of piperazine rings is 1. The van der Waals surface area contributed by atoms with Gasteiger partial charge in [0, 0.05) is 70.1 Å². The van der Waals surface area contributed by atoms with Crippen LogP contribution in [-0.2, 0) is 6.54 Å². The van der Waals surface area contributed by atoms with Crippen LogP contribution < -0.4 is 15.5 Å². The molecular weight excluding hydrogens is 573 g/mol. The van der Waals surface area contributed by atoms with Crippen molar-refractivity contribution in [1.29, 1.82) is 0 Å². The third-order valence-corrected chi connectivity index (χ3v) is 7.10. The van der Waals surface area contributed by atoms with Crippen LogP contribution in [0.4, 0.5) is 38.1 Å². The Morgan fingerprint density at radius 3 is 2.24 bits per heavy atom. The van der Waals surface area contributed by atoms with Crippen molar-refractivity contribution < 1.29 is 36.6 Å². The Morgan fingerprint density at radius 2 is 1.61 bits per heavy atom. The molecule has 41 heavy (non-hydrogen) atoms. The fraction of sp³-hybridized carbons (Fsp3) is 0.481. The summed E-state index contributed by atoms with van der Waals surface area (Å²) in [7, 11) is 1.00. The first-order chi connectivity index (χ1) is 19.5. The minimum atomic E-state index is -4.23. The van der Waals surface area contributed by atoms with Crippen molar-refractivity contribution in [3.8, 4) is 0 Å². The van der Waals surface area contributed by atoms with E-state index in [1.807, 2.05) is 4.90 Å². The van der Waals surface area contributed by atoms with Crippen molar-refractivity contribution in [3.63, 3.8) is 0 Å². The van der Waals surface area contributed by atoms with Gasteiger partial charge < -0.3 is 25.5 Å². The second-order valence-corrected chi connectivity index (χ2v) is 10.00. The number of amides is 3. The number of rotatable bonds is 7. The molecule has 0 aromatic heterocycles. The van der Waals surface area contributed by atoms with Gasteiger partial charge in [-0.05, 0) is 37.1 Å². The van der Waals surface area contributed by atoms with Crippen molar-refractivity contribution in [1.82, 2.24) is 15.1 Å². The lowest BCUT2D eigenvalue weighted by Crippen LogP contribution is -2.47. The Hall–Kier alpha value is -3.16. The summed E-state index contributed by atoms with van der Waals surface area (Å²) in [6.07, 6.45) is -3.32. The van der Waals surface area contributed by atoms with E-state index in [2.05, 4.69) is 10.6 Å². The number of nitrogens with one attached hydrogen (secondary N) is 2. The van der Waals surface area contributed by atoms with E-state index in [1.165, 1.54) is 18.2 Å². The number of hydrogen-bond donors (Lipinski definition) is 3. The molecule has 0 unspecified atom stereocenters. The van der Waals surface area contributed by atoms with Crippen LogP contribution in [0.3, 0.4) is 0 Å². The lowest BCUT2D eigenvalue weighted by atomic mass is 10.1. The van der Waals surface area contributed by atoms with Crippen molar-refractivity contribution in [2.24, 2.45) is 0 Å². The van der Waals surface area contributed by atoms with Gasteiger partial charge in [-0.15, -0.1) is 0 Å². The van der Waals surface area contributed by atoms with Gasteiger partial charge in [0.25, 0.3) is 5.91 Å². The number of nitrogens with zero attached hydrogens (tertiary/aromatic N) is 3. The van der Waals surface area contributed by atoms with Gasteiger partial charge >= 0.3 is 12.2 Å². The Kier molecular flexibility index (Phi) is 11.6. The van der Waals surface area contributed by atoms with Gasteiger partial charge in [-0.25, -0.2) is 13.6 Å². The van der Waals surface area contributed by atoms with E-state index < -0.39 is 35.7 Å². The summed E-state index contributed by atoms with van der Waals surface area (Å²) in [6.45, 7) is 2.45. The highest BCUT2D eigenvalue weighted by molar-refractivity contribution is 6.31. The molecule has 4 rings (SSSR count). The van der Waals surface area contributed by atoms with Gasteiger partial charge in [-0.2, -0.15) is 13.2 Å². The summed E-state index contributed by atoms with van der Waals surface area (Å²) in [5.74, 6) is -3.45. The van der Waals surface area contributed by atoms with Crippen molar-refractivity contribution in [2.75, 3.05) is 63.1 Å². The molecule has 2 aromatic rings. The largest absolute Gasteiger partial charge is 0.400 e. The molecule has 3 amide bonds. The van der Waals surface area contributed by atoms with Crippen molar-refractivity contribution in [3.05, 3.63) is 58.1 Å². The maximum Gasteiger partial charge on any atom is 0.390 e.